The van der Waals surface area contributed by atoms with Gasteiger partial charge in [-0.25, -0.2) is 0 Å². The summed E-state index contributed by atoms with van der Waals surface area (Å²) in [5, 5.41) is 18.4. The number of hydrogen-bond acceptors (Lipinski definition) is 2. The summed E-state index contributed by atoms with van der Waals surface area (Å²) in [5.41, 5.74) is 2.17. The smallest absolute Gasteiger partial charge is 0.0790 e. The molecule has 0 heterocycles. The monoisotopic (exact) mass is 194 g/mol. The van der Waals surface area contributed by atoms with Crippen LogP contribution in [-0.4, -0.2) is 16.8 Å². The normalized spacial score (nSPS) is 12.8. The summed E-state index contributed by atoms with van der Waals surface area (Å²) >= 11 is 0. The van der Waals surface area contributed by atoms with Crippen molar-refractivity contribution in [2.24, 2.45) is 0 Å². The number of aryl methyl sites for hydroxylation is 1. The van der Waals surface area contributed by atoms with Gasteiger partial charge in [0.25, 0.3) is 0 Å². The van der Waals surface area contributed by atoms with E-state index in [0.29, 0.717) is 0 Å². The molecule has 78 valence electrons. The number of hydrogen-bond donors (Lipinski definition) is 2. The maximum atomic E-state index is 9.76. The SMILES string of the molecule is Cc1ccc(C(O)CCCCO)cc1. The Morgan fingerprint density at radius 3 is 2.36 bits per heavy atom. The summed E-state index contributed by atoms with van der Waals surface area (Å²) in [5.74, 6) is 0. The fourth-order valence-corrected chi connectivity index (χ4v) is 1.40. The van der Waals surface area contributed by atoms with Crippen LogP contribution in [0.25, 0.3) is 0 Å². The highest BCUT2D eigenvalue weighted by Crippen LogP contribution is 2.19. The van der Waals surface area contributed by atoms with Crippen molar-refractivity contribution in [2.45, 2.75) is 32.3 Å². The zero-order chi connectivity index (χ0) is 10.4. The summed E-state index contributed by atoms with van der Waals surface area (Å²) in [6.45, 7) is 2.24. The predicted molar refractivity (Wildman–Crippen MR) is 57.1 cm³/mol. The van der Waals surface area contributed by atoms with Gasteiger partial charge in [-0.2, -0.15) is 0 Å². The largest absolute Gasteiger partial charge is 0.396 e. The summed E-state index contributed by atoms with van der Waals surface area (Å²) in [6, 6.07) is 7.92. The van der Waals surface area contributed by atoms with Crippen LogP contribution in [0.2, 0.25) is 0 Å². The van der Waals surface area contributed by atoms with Crippen LogP contribution in [0.3, 0.4) is 0 Å². The van der Waals surface area contributed by atoms with E-state index >= 15 is 0 Å². The van der Waals surface area contributed by atoms with Gasteiger partial charge in [-0.1, -0.05) is 29.8 Å². The van der Waals surface area contributed by atoms with Gasteiger partial charge in [0.2, 0.25) is 0 Å². The van der Waals surface area contributed by atoms with E-state index in [1.165, 1.54) is 5.56 Å². The third-order valence-corrected chi connectivity index (χ3v) is 2.35. The van der Waals surface area contributed by atoms with Crippen LogP contribution in [0.15, 0.2) is 24.3 Å². The maximum Gasteiger partial charge on any atom is 0.0790 e. The summed E-state index contributed by atoms with van der Waals surface area (Å²) in [6.07, 6.45) is 1.97. The average Bonchev–Trinajstić information content (AvgIpc) is 2.19. The minimum Gasteiger partial charge on any atom is -0.396 e. The summed E-state index contributed by atoms with van der Waals surface area (Å²) in [7, 11) is 0. The third-order valence-electron chi connectivity index (χ3n) is 2.35. The van der Waals surface area contributed by atoms with Crippen molar-refractivity contribution in [3.63, 3.8) is 0 Å². The molecule has 0 radical (unpaired) electrons. The molecule has 0 aliphatic heterocycles. The molecule has 0 spiro atoms. The molecule has 2 heteroatoms. The van der Waals surface area contributed by atoms with E-state index in [0.717, 1.165) is 24.8 Å². The van der Waals surface area contributed by atoms with Gasteiger partial charge in [-0.05, 0) is 31.7 Å². The molecule has 0 aromatic heterocycles. The first-order chi connectivity index (χ1) is 6.74. The molecule has 0 bridgehead atoms. The number of aliphatic hydroxyl groups is 2. The van der Waals surface area contributed by atoms with E-state index in [1.54, 1.807) is 0 Å². The molecule has 1 aromatic rings. The third kappa shape index (κ3) is 3.48. The van der Waals surface area contributed by atoms with Crippen molar-refractivity contribution in [3.05, 3.63) is 35.4 Å². The Morgan fingerprint density at radius 1 is 1.14 bits per heavy atom. The topological polar surface area (TPSA) is 40.5 Å². The van der Waals surface area contributed by atoms with E-state index in [2.05, 4.69) is 0 Å². The summed E-state index contributed by atoms with van der Waals surface area (Å²) < 4.78 is 0. The molecule has 0 fully saturated rings. The fourth-order valence-electron chi connectivity index (χ4n) is 1.40. The molecule has 1 atom stereocenters. The van der Waals surface area contributed by atoms with Crippen molar-refractivity contribution in [1.29, 1.82) is 0 Å². The molecule has 2 N–H and O–H groups in total. The second-order valence-corrected chi connectivity index (χ2v) is 3.65. The van der Waals surface area contributed by atoms with Gasteiger partial charge in [0, 0.05) is 6.61 Å². The van der Waals surface area contributed by atoms with Gasteiger partial charge in [0.1, 0.15) is 0 Å². The summed E-state index contributed by atoms with van der Waals surface area (Å²) in [4.78, 5) is 0. The molecule has 0 saturated heterocycles. The molecular formula is C12H18O2. The van der Waals surface area contributed by atoms with Crippen molar-refractivity contribution in [3.8, 4) is 0 Å². The second-order valence-electron chi connectivity index (χ2n) is 3.65. The van der Waals surface area contributed by atoms with Crippen LogP contribution >= 0.6 is 0 Å². The molecular weight excluding hydrogens is 176 g/mol. The van der Waals surface area contributed by atoms with Gasteiger partial charge in [-0.3, -0.25) is 0 Å². The Kier molecular flexibility index (Phi) is 4.63. The lowest BCUT2D eigenvalue weighted by atomic mass is 10.0. The van der Waals surface area contributed by atoms with Gasteiger partial charge in [0.15, 0.2) is 0 Å². The standard InChI is InChI=1S/C12H18O2/c1-10-5-7-11(8-6-10)12(14)4-2-3-9-13/h5-8,12-14H,2-4,9H2,1H3. The van der Waals surface area contributed by atoms with Gasteiger partial charge < -0.3 is 10.2 Å². The van der Waals surface area contributed by atoms with E-state index in [1.807, 2.05) is 31.2 Å². The van der Waals surface area contributed by atoms with Crippen LogP contribution < -0.4 is 0 Å². The Hall–Kier alpha value is -0.860. The zero-order valence-corrected chi connectivity index (χ0v) is 8.61. The Morgan fingerprint density at radius 2 is 1.79 bits per heavy atom. The van der Waals surface area contributed by atoms with E-state index < -0.39 is 0 Å². The molecule has 0 aliphatic carbocycles. The Balaban J connectivity index is 2.43. The molecule has 1 rings (SSSR count). The molecule has 0 aliphatic rings. The molecule has 1 unspecified atom stereocenters. The highest BCUT2D eigenvalue weighted by molar-refractivity contribution is 5.22. The molecule has 1 aromatic carbocycles. The van der Waals surface area contributed by atoms with Crippen molar-refractivity contribution < 1.29 is 10.2 Å². The zero-order valence-electron chi connectivity index (χ0n) is 8.61. The number of aliphatic hydroxyl groups excluding tert-OH is 2. The lowest BCUT2D eigenvalue weighted by Gasteiger charge is -2.10. The number of rotatable bonds is 5. The minimum absolute atomic E-state index is 0.209. The Labute approximate surface area is 85.2 Å². The van der Waals surface area contributed by atoms with Crippen molar-refractivity contribution >= 4 is 0 Å². The molecule has 2 nitrogen and oxygen atoms in total. The quantitative estimate of drug-likeness (QED) is 0.705. The molecule has 14 heavy (non-hydrogen) atoms. The highest BCUT2D eigenvalue weighted by Gasteiger charge is 2.05. The van der Waals surface area contributed by atoms with Crippen LogP contribution in [0, 0.1) is 6.92 Å². The van der Waals surface area contributed by atoms with Crippen molar-refractivity contribution in [1.82, 2.24) is 0 Å². The fraction of sp³-hybridized carbons (Fsp3) is 0.500. The van der Waals surface area contributed by atoms with Crippen molar-refractivity contribution in [2.75, 3.05) is 6.61 Å². The van der Waals surface area contributed by atoms with Gasteiger partial charge in [-0.15, -0.1) is 0 Å². The minimum atomic E-state index is -0.387. The highest BCUT2D eigenvalue weighted by atomic mass is 16.3. The first-order valence-electron chi connectivity index (χ1n) is 5.09. The maximum absolute atomic E-state index is 9.76. The molecule has 0 amide bonds. The first-order valence-corrected chi connectivity index (χ1v) is 5.09. The van der Waals surface area contributed by atoms with Gasteiger partial charge in [0.05, 0.1) is 6.10 Å². The van der Waals surface area contributed by atoms with Crippen LogP contribution in [0.4, 0.5) is 0 Å². The van der Waals surface area contributed by atoms with Gasteiger partial charge >= 0.3 is 0 Å². The molecule has 0 saturated carbocycles. The Bertz CT molecular complexity index is 254. The first kappa shape index (κ1) is 11.2. The van der Waals surface area contributed by atoms with Crippen LogP contribution in [0.1, 0.15) is 36.5 Å². The second kappa shape index (κ2) is 5.78. The lowest BCUT2D eigenvalue weighted by molar-refractivity contribution is 0.159. The number of unbranched alkanes of at least 4 members (excludes halogenated alkanes) is 1. The predicted octanol–water partition coefficient (Wildman–Crippen LogP) is 2.19. The van der Waals surface area contributed by atoms with Crippen LogP contribution in [0.5, 0.6) is 0 Å². The average molecular weight is 194 g/mol. The number of benzene rings is 1. The van der Waals surface area contributed by atoms with E-state index in [9.17, 15) is 5.11 Å². The lowest BCUT2D eigenvalue weighted by Crippen LogP contribution is -1.98. The van der Waals surface area contributed by atoms with Crippen LogP contribution in [-0.2, 0) is 0 Å². The van der Waals surface area contributed by atoms with E-state index in [-0.39, 0.29) is 12.7 Å². The van der Waals surface area contributed by atoms with E-state index in [4.69, 9.17) is 5.11 Å².